The van der Waals surface area contributed by atoms with E-state index in [-0.39, 0.29) is 5.82 Å². The van der Waals surface area contributed by atoms with Crippen LogP contribution in [-0.4, -0.2) is 4.57 Å². The first-order chi connectivity index (χ1) is 19.7. The van der Waals surface area contributed by atoms with Crippen LogP contribution in [0.3, 0.4) is 0 Å². The van der Waals surface area contributed by atoms with Gasteiger partial charge in [-0.15, -0.1) is 0 Å². The summed E-state index contributed by atoms with van der Waals surface area (Å²) in [6.45, 7) is 0. The summed E-state index contributed by atoms with van der Waals surface area (Å²) >= 11 is 1.86. The van der Waals surface area contributed by atoms with Crippen molar-refractivity contribution < 1.29 is 4.39 Å². The lowest BCUT2D eigenvalue weighted by atomic mass is 9.67. The molecule has 0 saturated carbocycles. The van der Waals surface area contributed by atoms with Gasteiger partial charge in [0.25, 0.3) is 0 Å². The zero-order valence-corrected chi connectivity index (χ0v) is 22.3. The highest BCUT2D eigenvalue weighted by Gasteiger charge is 2.50. The van der Waals surface area contributed by atoms with Crippen LogP contribution in [0, 0.1) is 5.82 Å². The first-order valence-corrected chi connectivity index (χ1v) is 14.4. The highest BCUT2D eigenvalue weighted by molar-refractivity contribution is 7.99. The van der Waals surface area contributed by atoms with Crippen LogP contribution in [0.25, 0.3) is 38.6 Å². The Labute approximate surface area is 235 Å². The summed E-state index contributed by atoms with van der Waals surface area (Å²) in [5.41, 5.74) is 10.7. The van der Waals surface area contributed by atoms with E-state index < -0.39 is 5.41 Å². The molecular formula is C37H22FNS. The standard InChI is InChI=1S/C37H22FNS/c38-23-17-19-24(20-18-23)39-33-15-7-3-11-27(33)28-21-36-32(22-34(28)39)37(31-14-6-8-16-35(31)40-36)29-12-4-1-9-25(29)26-10-2-5-13-30(26)37/h1-22H. The van der Waals surface area contributed by atoms with Crippen LogP contribution >= 0.6 is 11.8 Å². The molecule has 2 aliphatic rings. The van der Waals surface area contributed by atoms with Gasteiger partial charge in [-0.05, 0) is 81.9 Å². The summed E-state index contributed by atoms with van der Waals surface area (Å²) in [6.07, 6.45) is 0. The fraction of sp³-hybridized carbons (Fsp3) is 0.0270. The number of hydrogen-bond acceptors (Lipinski definition) is 1. The molecule has 0 fully saturated rings. The van der Waals surface area contributed by atoms with Crippen molar-refractivity contribution in [2.45, 2.75) is 15.2 Å². The Kier molecular flexibility index (Phi) is 4.43. The zero-order chi connectivity index (χ0) is 26.4. The largest absolute Gasteiger partial charge is 0.309 e. The Balaban J connectivity index is 1.47. The van der Waals surface area contributed by atoms with Crippen LogP contribution in [0.1, 0.15) is 22.3 Å². The molecule has 7 aromatic rings. The molecule has 1 spiro atoms. The molecule has 40 heavy (non-hydrogen) atoms. The van der Waals surface area contributed by atoms with Crippen LogP contribution in [0.5, 0.6) is 0 Å². The van der Waals surface area contributed by atoms with Gasteiger partial charge in [0.2, 0.25) is 0 Å². The van der Waals surface area contributed by atoms with Crippen molar-refractivity contribution in [2.24, 2.45) is 0 Å². The number of rotatable bonds is 1. The van der Waals surface area contributed by atoms with Gasteiger partial charge >= 0.3 is 0 Å². The van der Waals surface area contributed by atoms with E-state index in [1.165, 1.54) is 53.9 Å². The van der Waals surface area contributed by atoms with E-state index in [0.717, 1.165) is 16.7 Å². The molecule has 1 aromatic heterocycles. The molecule has 6 aromatic carbocycles. The maximum Gasteiger partial charge on any atom is 0.123 e. The third-order valence-corrected chi connectivity index (χ3v) is 9.86. The van der Waals surface area contributed by atoms with Crippen molar-refractivity contribution >= 4 is 33.6 Å². The number of hydrogen-bond donors (Lipinski definition) is 0. The van der Waals surface area contributed by atoms with Crippen molar-refractivity contribution in [1.82, 2.24) is 4.57 Å². The minimum absolute atomic E-state index is 0.229. The Bertz CT molecular complexity index is 2110. The van der Waals surface area contributed by atoms with Crippen molar-refractivity contribution in [3.63, 3.8) is 0 Å². The highest BCUT2D eigenvalue weighted by Crippen LogP contribution is 2.62. The zero-order valence-electron chi connectivity index (χ0n) is 21.4. The molecule has 0 N–H and O–H groups in total. The second-order valence-electron chi connectivity index (χ2n) is 10.6. The molecule has 1 nitrogen and oxygen atoms in total. The van der Waals surface area contributed by atoms with E-state index in [2.05, 4.69) is 114 Å². The molecule has 0 unspecified atom stereocenters. The summed E-state index contributed by atoms with van der Waals surface area (Å²) in [7, 11) is 0. The van der Waals surface area contributed by atoms with E-state index in [0.29, 0.717) is 0 Å². The molecule has 0 bridgehead atoms. The van der Waals surface area contributed by atoms with E-state index in [4.69, 9.17) is 0 Å². The first kappa shape index (κ1) is 22.2. The Hall–Kier alpha value is -4.60. The van der Waals surface area contributed by atoms with Crippen molar-refractivity contribution in [1.29, 1.82) is 0 Å². The number of nitrogens with zero attached hydrogens (tertiary/aromatic N) is 1. The highest BCUT2D eigenvalue weighted by atomic mass is 32.2. The molecule has 1 aliphatic carbocycles. The van der Waals surface area contributed by atoms with Gasteiger partial charge in [0.15, 0.2) is 0 Å². The third kappa shape index (κ3) is 2.73. The van der Waals surface area contributed by atoms with Crippen LogP contribution in [0.4, 0.5) is 4.39 Å². The monoisotopic (exact) mass is 531 g/mol. The van der Waals surface area contributed by atoms with E-state index in [1.54, 1.807) is 12.1 Å². The summed E-state index contributed by atoms with van der Waals surface area (Å²) in [5, 5.41) is 2.41. The molecule has 0 amide bonds. The molecule has 2 heterocycles. The minimum atomic E-state index is -0.428. The molecule has 3 heteroatoms. The number of halogens is 1. The normalized spacial score (nSPS) is 14.2. The topological polar surface area (TPSA) is 4.93 Å². The SMILES string of the molecule is Fc1ccc(-n2c3ccccc3c3cc4c(cc32)C2(c3ccccc3S4)c3ccccc3-c3ccccc32)cc1. The summed E-state index contributed by atoms with van der Waals surface area (Å²) in [5.74, 6) is -0.229. The van der Waals surface area contributed by atoms with Gasteiger partial charge in [-0.3, -0.25) is 0 Å². The summed E-state index contributed by atoms with van der Waals surface area (Å²) in [4.78, 5) is 2.57. The smallest absolute Gasteiger partial charge is 0.123 e. The molecular weight excluding hydrogens is 509 g/mol. The van der Waals surface area contributed by atoms with Crippen LogP contribution in [0.2, 0.25) is 0 Å². The van der Waals surface area contributed by atoms with Crippen molar-refractivity contribution in [3.8, 4) is 16.8 Å². The quantitative estimate of drug-likeness (QED) is 0.204. The number of aromatic nitrogens is 1. The molecule has 9 rings (SSSR count). The van der Waals surface area contributed by atoms with Crippen LogP contribution < -0.4 is 0 Å². The van der Waals surface area contributed by atoms with E-state index in [9.17, 15) is 4.39 Å². The minimum Gasteiger partial charge on any atom is -0.309 e. The van der Waals surface area contributed by atoms with Gasteiger partial charge in [-0.1, -0.05) is 96.7 Å². The van der Waals surface area contributed by atoms with Crippen molar-refractivity contribution in [3.05, 3.63) is 162 Å². The van der Waals surface area contributed by atoms with Gasteiger partial charge in [-0.2, -0.15) is 0 Å². The predicted octanol–water partition coefficient (Wildman–Crippen LogP) is 9.75. The fourth-order valence-corrected chi connectivity index (χ4v) is 8.40. The van der Waals surface area contributed by atoms with Crippen molar-refractivity contribution in [2.75, 3.05) is 0 Å². The lowest BCUT2D eigenvalue weighted by molar-refractivity contribution is 0.627. The first-order valence-electron chi connectivity index (χ1n) is 13.6. The average Bonchev–Trinajstić information content (AvgIpc) is 3.48. The van der Waals surface area contributed by atoms with Gasteiger partial charge in [0, 0.05) is 26.3 Å². The molecule has 0 saturated heterocycles. The number of para-hydroxylation sites is 1. The van der Waals surface area contributed by atoms with Gasteiger partial charge < -0.3 is 4.57 Å². The molecule has 0 radical (unpaired) electrons. The van der Waals surface area contributed by atoms with Gasteiger partial charge in [0.05, 0.1) is 16.4 Å². The molecule has 0 atom stereocenters. The Morgan fingerprint density at radius 2 is 1.12 bits per heavy atom. The molecule has 1 aliphatic heterocycles. The van der Waals surface area contributed by atoms with Crippen LogP contribution in [-0.2, 0) is 5.41 Å². The van der Waals surface area contributed by atoms with E-state index in [1.807, 2.05) is 23.9 Å². The fourth-order valence-electron chi connectivity index (χ4n) is 7.19. The molecule has 188 valence electrons. The summed E-state index contributed by atoms with van der Waals surface area (Å²) < 4.78 is 16.3. The third-order valence-electron chi connectivity index (χ3n) is 8.73. The second kappa shape index (κ2) is 7.97. The number of benzene rings is 6. The number of fused-ring (bicyclic) bond motifs is 12. The van der Waals surface area contributed by atoms with Gasteiger partial charge in [0.1, 0.15) is 5.82 Å². The summed E-state index contributed by atoms with van der Waals surface area (Å²) in [6, 6.07) is 46.9. The Morgan fingerprint density at radius 1 is 0.500 bits per heavy atom. The lowest BCUT2D eigenvalue weighted by Crippen LogP contribution is -2.32. The maximum atomic E-state index is 14.0. The second-order valence-corrected chi connectivity index (χ2v) is 11.7. The van der Waals surface area contributed by atoms with E-state index >= 15 is 0 Å². The average molecular weight is 532 g/mol. The lowest BCUT2D eigenvalue weighted by Gasteiger charge is -2.39. The van der Waals surface area contributed by atoms with Crippen LogP contribution in [0.15, 0.2) is 143 Å². The Morgan fingerprint density at radius 3 is 1.88 bits per heavy atom. The van der Waals surface area contributed by atoms with Gasteiger partial charge in [-0.25, -0.2) is 4.39 Å². The predicted molar refractivity (Wildman–Crippen MR) is 162 cm³/mol. The maximum absolute atomic E-state index is 14.0.